The second-order valence-corrected chi connectivity index (χ2v) is 3.11. The SMILES string of the molecule is C=C/C(=N\C=C/C)C(OC)c1ccccn1. The third kappa shape index (κ3) is 3.14. The zero-order valence-corrected chi connectivity index (χ0v) is 9.63. The highest BCUT2D eigenvalue weighted by atomic mass is 16.5. The molecular formula is C13H16N2O. The predicted octanol–water partition coefficient (Wildman–Crippen LogP) is 2.93. The van der Waals surface area contributed by atoms with E-state index in [1.54, 1.807) is 25.6 Å². The van der Waals surface area contributed by atoms with Crippen LogP contribution in [0.2, 0.25) is 0 Å². The lowest BCUT2D eigenvalue weighted by atomic mass is 10.1. The second-order valence-electron chi connectivity index (χ2n) is 3.11. The number of methoxy groups -OCH3 is 1. The first kappa shape index (κ1) is 12.3. The van der Waals surface area contributed by atoms with Gasteiger partial charge in [0, 0.05) is 19.5 Å². The molecule has 0 saturated heterocycles. The third-order valence-corrected chi connectivity index (χ3v) is 2.04. The van der Waals surface area contributed by atoms with Gasteiger partial charge in [-0.15, -0.1) is 0 Å². The van der Waals surface area contributed by atoms with Gasteiger partial charge in [-0.2, -0.15) is 0 Å². The average Bonchev–Trinajstić information content (AvgIpc) is 2.35. The van der Waals surface area contributed by atoms with E-state index in [1.807, 2.05) is 31.2 Å². The number of hydrogen-bond donors (Lipinski definition) is 0. The first-order chi connectivity index (χ1) is 7.83. The molecule has 0 aliphatic carbocycles. The van der Waals surface area contributed by atoms with Crippen molar-refractivity contribution in [1.29, 1.82) is 0 Å². The molecule has 0 aliphatic heterocycles. The average molecular weight is 216 g/mol. The van der Waals surface area contributed by atoms with Crippen LogP contribution in [0.4, 0.5) is 0 Å². The quantitative estimate of drug-likeness (QED) is 0.709. The molecule has 1 unspecified atom stereocenters. The van der Waals surface area contributed by atoms with Crippen molar-refractivity contribution in [3.63, 3.8) is 0 Å². The van der Waals surface area contributed by atoms with Crippen molar-refractivity contribution in [3.8, 4) is 0 Å². The topological polar surface area (TPSA) is 34.5 Å². The van der Waals surface area contributed by atoms with Crippen molar-refractivity contribution in [2.24, 2.45) is 4.99 Å². The number of nitrogens with zero attached hydrogens (tertiary/aromatic N) is 2. The van der Waals surface area contributed by atoms with Crippen molar-refractivity contribution in [2.75, 3.05) is 7.11 Å². The van der Waals surface area contributed by atoms with Crippen LogP contribution in [0.25, 0.3) is 0 Å². The summed E-state index contributed by atoms with van der Waals surface area (Å²) in [5.74, 6) is 0. The fourth-order valence-electron chi connectivity index (χ4n) is 1.31. The van der Waals surface area contributed by atoms with Gasteiger partial charge in [0.1, 0.15) is 6.10 Å². The Morgan fingerprint density at radius 3 is 2.88 bits per heavy atom. The number of hydrogen-bond acceptors (Lipinski definition) is 3. The fraction of sp³-hybridized carbons (Fsp3) is 0.231. The highest BCUT2D eigenvalue weighted by Crippen LogP contribution is 2.16. The van der Waals surface area contributed by atoms with Crippen molar-refractivity contribution < 1.29 is 4.74 Å². The highest BCUT2D eigenvalue weighted by Gasteiger charge is 2.15. The van der Waals surface area contributed by atoms with Crippen LogP contribution in [-0.4, -0.2) is 17.8 Å². The minimum Gasteiger partial charge on any atom is -0.369 e. The maximum Gasteiger partial charge on any atom is 0.141 e. The Bertz CT molecular complexity index is 382. The molecule has 0 N–H and O–H groups in total. The van der Waals surface area contributed by atoms with E-state index in [4.69, 9.17) is 4.74 Å². The molecule has 84 valence electrons. The van der Waals surface area contributed by atoms with Crippen LogP contribution >= 0.6 is 0 Å². The van der Waals surface area contributed by atoms with Crippen LogP contribution in [0.15, 0.2) is 54.3 Å². The molecule has 0 aromatic carbocycles. The minimum absolute atomic E-state index is 0.269. The van der Waals surface area contributed by atoms with Gasteiger partial charge in [0.15, 0.2) is 0 Å². The Balaban J connectivity index is 3.01. The Hall–Kier alpha value is -1.74. The second kappa shape index (κ2) is 6.69. The maximum atomic E-state index is 5.39. The molecule has 0 bridgehead atoms. The van der Waals surface area contributed by atoms with Crippen LogP contribution in [0.5, 0.6) is 0 Å². The summed E-state index contributed by atoms with van der Waals surface area (Å²) in [4.78, 5) is 8.51. The lowest BCUT2D eigenvalue weighted by molar-refractivity contribution is 0.155. The molecule has 0 aliphatic rings. The molecular weight excluding hydrogens is 200 g/mol. The number of ether oxygens (including phenoxy) is 1. The minimum atomic E-state index is -0.269. The summed E-state index contributed by atoms with van der Waals surface area (Å²) in [6.07, 6.45) is 6.72. The summed E-state index contributed by atoms with van der Waals surface area (Å²) < 4.78 is 5.39. The van der Waals surface area contributed by atoms with Gasteiger partial charge in [-0.1, -0.05) is 18.7 Å². The smallest absolute Gasteiger partial charge is 0.141 e. The van der Waals surface area contributed by atoms with Gasteiger partial charge in [-0.05, 0) is 25.1 Å². The van der Waals surface area contributed by atoms with Gasteiger partial charge < -0.3 is 4.74 Å². The van der Waals surface area contributed by atoms with Crippen LogP contribution in [0, 0.1) is 0 Å². The Labute approximate surface area is 96.2 Å². The normalized spacial score (nSPS) is 14.0. The molecule has 1 aromatic rings. The molecule has 16 heavy (non-hydrogen) atoms. The molecule has 1 atom stereocenters. The zero-order chi connectivity index (χ0) is 11.8. The monoisotopic (exact) mass is 216 g/mol. The Kier molecular flexibility index (Phi) is 5.16. The van der Waals surface area contributed by atoms with Gasteiger partial charge in [-0.3, -0.25) is 9.98 Å². The lowest BCUT2D eigenvalue weighted by Crippen LogP contribution is -2.13. The zero-order valence-electron chi connectivity index (χ0n) is 9.63. The number of aliphatic imine (C=N–C) groups is 1. The maximum absolute atomic E-state index is 5.39. The molecule has 3 heteroatoms. The molecule has 1 aromatic heterocycles. The molecule has 1 heterocycles. The largest absolute Gasteiger partial charge is 0.369 e. The first-order valence-corrected chi connectivity index (χ1v) is 5.08. The summed E-state index contributed by atoms with van der Waals surface area (Å²) in [5.41, 5.74) is 1.58. The van der Waals surface area contributed by atoms with E-state index < -0.39 is 0 Å². The Morgan fingerprint density at radius 1 is 1.56 bits per heavy atom. The number of rotatable bonds is 5. The highest BCUT2D eigenvalue weighted by molar-refractivity contribution is 5.98. The van der Waals surface area contributed by atoms with Crippen molar-refractivity contribution in [1.82, 2.24) is 4.98 Å². The summed E-state index contributed by atoms with van der Waals surface area (Å²) in [5, 5.41) is 0. The summed E-state index contributed by atoms with van der Waals surface area (Å²) in [6.45, 7) is 5.65. The van der Waals surface area contributed by atoms with E-state index in [1.165, 1.54) is 0 Å². The van der Waals surface area contributed by atoms with E-state index in [9.17, 15) is 0 Å². The van der Waals surface area contributed by atoms with Crippen LogP contribution in [0.3, 0.4) is 0 Å². The number of pyridine rings is 1. The molecule has 0 spiro atoms. The van der Waals surface area contributed by atoms with Crippen molar-refractivity contribution in [2.45, 2.75) is 13.0 Å². The first-order valence-electron chi connectivity index (χ1n) is 5.08. The van der Waals surface area contributed by atoms with E-state index in [0.717, 1.165) is 11.4 Å². The molecule has 0 radical (unpaired) electrons. The van der Waals surface area contributed by atoms with E-state index in [0.29, 0.717) is 0 Å². The fourth-order valence-corrected chi connectivity index (χ4v) is 1.31. The van der Waals surface area contributed by atoms with Gasteiger partial charge in [0.25, 0.3) is 0 Å². The van der Waals surface area contributed by atoms with E-state index in [-0.39, 0.29) is 6.10 Å². The van der Waals surface area contributed by atoms with Gasteiger partial charge in [-0.25, -0.2) is 0 Å². The van der Waals surface area contributed by atoms with Crippen LogP contribution in [0.1, 0.15) is 18.7 Å². The molecule has 0 fully saturated rings. The van der Waals surface area contributed by atoms with Crippen molar-refractivity contribution >= 4 is 5.71 Å². The van der Waals surface area contributed by atoms with Gasteiger partial charge in [0.05, 0.1) is 11.4 Å². The Morgan fingerprint density at radius 2 is 2.38 bits per heavy atom. The molecule has 0 saturated carbocycles. The summed E-state index contributed by atoms with van der Waals surface area (Å²) in [7, 11) is 1.63. The molecule has 1 rings (SSSR count). The van der Waals surface area contributed by atoms with Crippen molar-refractivity contribution in [3.05, 3.63) is 55.0 Å². The standard InChI is InChI=1S/C13H16N2O/c1-4-9-14-11(5-2)13(16-3)12-8-6-7-10-15-12/h4-10,13H,2H2,1,3H3/b9-4-,14-11+. The van der Waals surface area contributed by atoms with Gasteiger partial charge in [0.2, 0.25) is 0 Å². The molecule has 0 amide bonds. The summed E-state index contributed by atoms with van der Waals surface area (Å²) >= 11 is 0. The van der Waals surface area contributed by atoms with Crippen LogP contribution < -0.4 is 0 Å². The number of allylic oxidation sites excluding steroid dienone is 1. The summed E-state index contributed by atoms with van der Waals surface area (Å²) in [6, 6.07) is 5.69. The van der Waals surface area contributed by atoms with Gasteiger partial charge >= 0.3 is 0 Å². The molecule has 3 nitrogen and oxygen atoms in total. The third-order valence-electron chi connectivity index (χ3n) is 2.04. The lowest BCUT2D eigenvalue weighted by Gasteiger charge is -2.14. The number of aromatic nitrogens is 1. The predicted molar refractivity (Wildman–Crippen MR) is 66.4 cm³/mol. The van der Waals surface area contributed by atoms with E-state index in [2.05, 4.69) is 16.6 Å². The van der Waals surface area contributed by atoms with E-state index >= 15 is 0 Å². The van der Waals surface area contributed by atoms with Crippen LogP contribution in [-0.2, 0) is 4.74 Å².